The number of hydrogen-bond acceptors (Lipinski definition) is 2. The molecule has 0 bridgehead atoms. The maximum absolute atomic E-state index is 12.0. The van der Waals surface area contributed by atoms with Crippen LogP contribution in [-0.4, -0.2) is 29.4 Å². The van der Waals surface area contributed by atoms with E-state index < -0.39 is 0 Å². The number of nitrogens with two attached hydrogens (primary N) is 1. The Morgan fingerprint density at radius 3 is 3.00 bits per heavy atom. The largest absolute Gasteiger partial charge is 0.397 e. The first-order valence-corrected chi connectivity index (χ1v) is 5.37. The molecule has 0 fully saturated rings. The van der Waals surface area contributed by atoms with Gasteiger partial charge in [0.2, 0.25) is 0 Å². The lowest BCUT2D eigenvalue weighted by Crippen LogP contribution is -2.26. The van der Waals surface area contributed by atoms with Crippen LogP contribution in [0.1, 0.15) is 10.5 Å². The second-order valence-electron chi connectivity index (χ2n) is 3.97. The molecule has 1 amide bonds. The van der Waals surface area contributed by atoms with Crippen LogP contribution in [0.15, 0.2) is 36.9 Å². The van der Waals surface area contributed by atoms with Gasteiger partial charge < -0.3 is 15.6 Å². The van der Waals surface area contributed by atoms with Crippen LogP contribution < -0.4 is 5.73 Å². The van der Waals surface area contributed by atoms with E-state index in [-0.39, 0.29) is 5.91 Å². The molecule has 0 aliphatic rings. The van der Waals surface area contributed by atoms with Gasteiger partial charge in [-0.3, -0.25) is 4.79 Å². The normalized spacial score (nSPS) is 10.4. The molecule has 0 saturated heterocycles. The van der Waals surface area contributed by atoms with Crippen molar-refractivity contribution in [3.8, 4) is 0 Å². The van der Waals surface area contributed by atoms with Crippen LogP contribution in [0, 0.1) is 0 Å². The molecule has 1 aromatic carbocycles. The van der Waals surface area contributed by atoms with E-state index in [9.17, 15) is 4.79 Å². The average Bonchev–Trinajstić information content (AvgIpc) is 2.73. The van der Waals surface area contributed by atoms with Gasteiger partial charge in [-0.2, -0.15) is 0 Å². The number of fused-ring (bicyclic) bond motifs is 1. The number of aromatic amines is 1. The van der Waals surface area contributed by atoms with Crippen molar-refractivity contribution in [1.82, 2.24) is 9.88 Å². The summed E-state index contributed by atoms with van der Waals surface area (Å²) < 4.78 is 0. The summed E-state index contributed by atoms with van der Waals surface area (Å²) in [6.07, 6.45) is 1.69. The lowest BCUT2D eigenvalue weighted by atomic mass is 10.2. The highest BCUT2D eigenvalue weighted by molar-refractivity contribution is 6.00. The lowest BCUT2D eigenvalue weighted by molar-refractivity contribution is 0.0805. The van der Waals surface area contributed by atoms with Gasteiger partial charge in [0.05, 0.1) is 11.2 Å². The van der Waals surface area contributed by atoms with Crippen LogP contribution in [0.4, 0.5) is 5.69 Å². The minimum atomic E-state index is -0.0690. The number of nitrogens with zero attached hydrogens (tertiary/aromatic N) is 1. The maximum atomic E-state index is 12.0. The third-order valence-corrected chi connectivity index (χ3v) is 2.67. The summed E-state index contributed by atoms with van der Waals surface area (Å²) in [5.41, 5.74) is 7.83. The van der Waals surface area contributed by atoms with E-state index in [4.69, 9.17) is 5.73 Å². The molecule has 2 rings (SSSR count). The third-order valence-electron chi connectivity index (χ3n) is 2.67. The van der Waals surface area contributed by atoms with Gasteiger partial charge in [-0.25, -0.2) is 0 Å². The third kappa shape index (κ3) is 2.01. The van der Waals surface area contributed by atoms with Crippen LogP contribution in [0.5, 0.6) is 0 Å². The highest BCUT2D eigenvalue weighted by Gasteiger charge is 2.13. The zero-order chi connectivity index (χ0) is 12.4. The summed E-state index contributed by atoms with van der Waals surface area (Å²) in [6, 6.07) is 7.41. The van der Waals surface area contributed by atoms with Gasteiger partial charge in [-0.15, -0.1) is 6.58 Å². The number of likely N-dealkylation sites (N-methyl/N-ethyl adjacent to an activating group) is 1. The summed E-state index contributed by atoms with van der Waals surface area (Å²) in [5, 5.41) is 0.945. The Hall–Kier alpha value is -2.23. The number of amides is 1. The number of anilines is 1. The van der Waals surface area contributed by atoms with Crippen LogP contribution in [0.3, 0.4) is 0 Å². The molecule has 0 unspecified atom stereocenters. The number of hydrogen-bond donors (Lipinski definition) is 2. The first kappa shape index (κ1) is 11.3. The predicted octanol–water partition coefficient (Wildman–Crippen LogP) is 2.01. The van der Waals surface area contributed by atoms with Crippen LogP contribution in [0.25, 0.3) is 10.9 Å². The van der Waals surface area contributed by atoms with Crippen molar-refractivity contribution < 1.29 is 4.79 Å². The number of nitrogens with one attached hydrogen (secondary N) is 1. The Kier molecular flexibility index (Phi) is 2.87. The zero-order valence-electron chi connectivity index (χ0n) is 9.73. The van der Waals surface area contributed by atoms with Gasteiger partial charge in [0.25, 0.3) is 5.91 Å². The van der Waals surface area contributed by atoms with E-state index in [1.54, 1.807) is 24.1 Å². The van der Waals surface area contributed by atoms with Crippen molar-refractivity contribution in [1.29, 1.82) is 0 Å². The fourth-order valence-electron chi connectivity index (χ4n) is 1.78. The number of aromatic nitrogens is 1. The van der Waals surface area contributed by atoms with Crippen molar-refractivity contribution in [2.45, 2.75) is 0 Å². The summed E-state index contributed by atoms with van der Waals surface area (Å²) in [7, 11) is 1.73. The minimum absolute atomic E-state index is 0.0690. The number of para-hydroxylation sites is 1. The molecule has 88 valence electrons. The highest BCUT2D eigenvalue weighted by Crippen LogP contribution is 2.21. The van der Waals surface area contributed by atoms with E-state index in [2.05, 4.69) is 11.6 Å². The quantitative estimate of drug-likeness (QED) is 0.624. The van der Waals surface area contributed by atoms with E-state index in [0.29, 0.717) is 17.9 Å². The Morgan fingerprint density at radius 2 is 2.35 bits per heavy atom. The van der Waals surface area contributed by atoms with Gasteiger partial charge in [0, 0.05) is 19.0 Å². The molecule has 1 heterocycles. The molecule has 4 nitrogen and oxygen atoms in total. The molecule has 0 radical (unpaired) electrons. The van der Waals surface area contributed by atoms with Crippen LogP contribution >= 0.6 is 0 Å². The van der Waals surface area contributed by atoms with E-state index >= 15 is 0 Å². The van der Waals surface area contributed by atoms with Gasteiger partial charge >= 0.3 is 0 Å². The molecule has 2 aromatic rings. The summed E-state index contributed by atoms with van der Waals surface area (Å²) in [6.45, 7) is 4.13. The molecule has 0 aliphatic heterocycles. The summed E-state index contributed by atoms with van der Waals surface area (Å²) >= 11 is 0. The Morgan fingerprint density at radius 1 is 1.59 bits per heavy atom. The fraction of sp³-hybridized carbons (Fsp3) is 0.154. The molecule has 1 aromatic heterocycles. The number of H-pyrrole nitrogens is 1. The van der Waals surface area contributed by atoms with Gasteiger partial charge in [-0.1, -0.05) is 18.2 Å². The smallest absolute Gasteiger partial charge is 0.270 e. The molecule has 0 atom stereocenters. The molecule has 0 spiro atoms. The molecule has 0 saturated carbocycles. The summed E-state index contributed by atoms with van der Waals surface area (Å²) in [4.78, 5) is 16.7. The Balaban J connectivity index is 2.40. The highest BCUT2D eigenvalue weighted by atomic mass is 16.2. The number of benzene rings is 1. The molecule has 0 aliphatic carbocycles. The number of rotatable bonds is 3. The average molecular weight is 229 g/mol. The zero-order valence-corrected chi connectivity index (χ0v) is 9.73. The Bertz CT molecular complexity index is 571. The fourth-order valence-corrected chi connectivity index (χ4v) is 1.78. The molecule has 17 heavy (non-hydrogen) atoms. The second-order valence-corrected chi connectivity index (χ2v) is 3.97. The lowest BCUT2D eigenvalue weighted by Gasteiger charge is -2.13. The molecule has 4 heteroatoms. The van der Waals surface area contributed by atoms with Gasteiger partial charge in [0.1, 0.15) is 5.69 Å². The van der Waals surface area contributed by atoms with Gasteiger partial charge in [-0.05, 0) is 12.1 Å². The maximum Gasteiger partial charge on any atom is 0.270 e. The topological polar surface area (TPSA) is 62.1 Å². The number of carbonyl (C=O) groups excluding carboxylic acids is 1. The molecular weight excluding hydrogens is 214 g/mol. The minimum Gasteiger partial charge on any atom is -0.397 e. The van der Waals surface area contributed by atoms with Crippen LogP contribution in [-0.2, 0) is 0 Å². The van der Waals surface area contributed by atoms with Crippen molar-refractivity contribution in [3.63, 3.8) is 0 Å². The van der Waals surface area contributed by atoms with Crippen LogP contribution in [0.2, 0.25) is 0 Å². The van der Waals surface area contributed by atoms with Crippen molar-refractivity contribution in [3.05, 3.63) is 42.6 Å². The second kappa shape index (κ2) is 4.33. The standard InChI is InChI=1S/C13H15N3O/c1-3-7-16(2)13(17)11-8-9-5-4-6-10(14)12(9)15-11/h3-6,8,15H,1,7,14H2,2H3. The first-order chi connectivity index (χ1) is 8.13. The predicted molar refractivity (Wildman–Crippen MR) is 69.9 cm³/mol. The summed E-state index contributed by atoms with van der Waals surface area (Å²) in [5.74, 6) is -0.0690. The molecular formula is C13H15N3O. The monoisotopic (exact) mass is 229 g/mol. The van der Waals surface area contributed by atoms with E-state index in [1.807, 2.05) is 18.2 Å². The van der Waals surface area contributed by atoms with E-state index in [1.165, 1.54) is 0 Å². The number of nitrogen functional groups attached to an aromatic ring is 1. The molecule has 3 N–H and O–H groups in total. The SMILES string of the molecule is C=CCN(C)C(=O)c1cc2cccc(N)c2[nH]1. The Labute approximate surface area is 99.7 Å². The number of carbonyl (C=O) groups is 1. The van der Waals surface area contributed by atoms with E-state index in [0.717, 1.165) is 10.9 Å². The first-order valence-electron chi connectivity index (χ1n) is 5.37. The van der Waals surface area contributed by atoms with Crippen molar-refractivity contribution in [2.75, 3.05) is 19.3 Å². The van der Waals surface area contributed by atoms with Crippen molar-refractivity contribution in [2.24, 2.45) is 0 Å². The van der Waals surface area contributed by atoms with Gasteiger partial charge in [0.15, 0.2) is 0 Å². The van der Waals surface area contributed by atoms with Crippen molar-refractivity contribution >= 4 is 22.5 Å².